The highest BCUT2D eigenvalue weighted by Gasteiger charge is 2.42. The second-order valence-electron chi connectivity index (χ2n) is 7.72. The van der Waals surface area contributed by atoms with E-state index in [1.807, 2.05) is 6.92 Å². The maximum absolute atomic E-state index is 12.3. The molecular weight excluding hydrogens is 346 g/mol. The Hall–Kier alpha value is -2.70. The second kappa shape index (κ2) is 7.13. The van der Waals surface area contributed by atoms with Gasteiger partial charge in [0.15, 0.2) is 12.3 Å². The summed E-state index contributed by atoms with van der Waals surface area (Å²) in [6.45, 7) is 1.67. The summed E-state index contributed by atoms with van der Waals surface area (Å²) in [5, 5.41) is 9.80. The van der Waals surface area contributed by atoms with Gasteiger partial charge in [-0.1, -0.05) is 24.6 Å². The molecule has 4 atom stereocenters. The standard InChI is InChI=1S/C20H23N3O4/c1-11(16-9-12-6-7-13(16)8-12)21-17(24)10-27-20(26)18-14-4-2-3-5-15(14)19(25)23-22-18/h2-5,11-13,16H,6-10H2,1H3,(H,21,24)(H,23,25)/t11-,12+,13+,16-/m1/s1. The number of ether oxygens (including phenoxy) is 1. The Morgan fingerprint density at radius 1 is 1.26 bits per heavy atom. The molecule has 0 radical (unpaired) electrons. The monoisotopic (exact) mass is 369 g/mol. The van der Waals surface area contributed by atoms with Gasteiger partial charge in [0.25, 0.3) is 11.5 Å². The first kappa shape index (κ1) is 17.7. The summed E-state index contributed by atoms with van der Waals surface area (Å²) in [7, 11) is 0. The van der Waals surface area contributed by atoms with Crippen LogP contribution in [-0.2, 0) is 9.53 Å². The number of hydrogen-bond donors (Lipinski definition) is 2. The van der Waals surface area contributed by atoms with Crippen LogP contribution in [0.15, 0.2) is 29.1 Å². The van der Waals surface area contributed by atoms with E-state index in [2.05, 4.69) is 15.5 Å². The van der Waals surface area contributed by atoms with E-state index in [1.165, 1.54) is 25.7 Å². The number of aromatic nitrogens is 2. The van der Waals surface area contributed by atoms with Crippen LogP contribution in [0.3, 0.4) is 0 Å². The lowest BCUT2D eigenvalue weighted by molar-refractivity contribution is -0.125. The summed E-state index contributed by atoms with van der Waals surface area (Å²) in [5.74, 6) is 1.01. The summed E-state index contributed by atoms with van der Waals surface area (Å²) in [5.41, 5.74) is -0.376. The molecule has 2 aromatic rings. The van der Waals surface area contributed by atoms with Gasteiger partial charge in [-0.05, 0) is 50.0 Å². The zero-order valence-electron chi connectivity index (χ0n) is 15.2. The van der Waals surface area contributed by atoms with Crippen LogP contribution in [0.4, 0.5) is 0 Å². The van der Waals surface area contributed by atoms with Crippen LogP contribution >= 0.6 is 0 Å². The lowest BCUT2D eigenvalue weighted by atomic mass is 9.84. The van der Waals surface area contributed by atoms with E-state index >= 15 is 0 Å². The zero-order valence-corrected chi connectivity index (χ0v) is 15.2. The van der Waals surface area contributed by atoms with E-state index in [0.717, 1.165) is 5.92 Å². The third kappa shape index (κ3) is 3.46. The normalized spacial score (nSPS) is 24.7. The van der Waals surface area contributed by atoms with Gasteiger partial charge < -0.3 is 10.1 Å². The average molecular weight is 369 g/mol. The first-order valence-corrected chi connectivity index (χ1v) is 9.47. The fraction of sp³-hybridized carbons (Fsp3) is 0.500. The molecule has 2 aliphatic carbocycles. The molecule has 4 rings (SSSR count). The van der Waals surface area contributed by atoms with Gasteiger partial charge in [-0.25, -0.2) is 9.89 Å². The van der Waals surface area contributed by atoms with E-state index in [9.17, 15) is 14.4 Å². The summed E-state index contributed by atoms with van der Waals surface area (Å²) >= 11 is 0. The van der Waals surface area contributed by atoms with Gasteiger partial charge >= 0.3 is 5.97 Å². The number of fused-ring (bicyclic) bond motifs is 3. The highest BCUT2D eigenvalue weighted by atomic mass is 16.5. The molecule has 0 unspecified atom stereocenters. The Kier molecular flexibility index (Phi) is 4.68. The van der Waals surface area contributed by atoms with Crippen LogP contribution in [0.1, 0.15) is 43.1 Å². The summed E-state index contributed by atoms with van der Waals surface area (Å²) < 4.78 is 5.13. The predicted molar refractivity (Wildman–Crippen MR) is 99.2 cm³/mol. The molecule has 2 aliphatic rings. The predicted octanol–water partition coefficient (Wildman–Crippen LogP) is 2.02. The van der Waals surface area contributed by atoms with Crippen molar-refractivity contribution in [3.05, 3.63) is 40.3 Å². The van der Waals surface area contributed by atoms with Crippen LogP contribution in [-0.4, -0.2) is 34.7 Å². The van der Waals surface area contributed by atoms with Gasteiger partial charge in [0.05, 0.1) is 5.39 Å². The van der Waals surface area contributed by atoms with Gasteiger partial charge in [0.2, 0.25) is 0 Å². The molecular formula is C20H23N3O4. The second-order valence-corrected chi connectivity index (χ2v) is 7.72. The minimum Gasteiger partial charge on any atom is -0.451 e. The number of nitrogens with one attached hydrogen (secondary N) is 2. The molecule has 1 aromatic heterocycles. The van der Waals surface area contributed by atoms with Gasteiger partial charge in [0.1, 0.15) is 0 Å². The Morgan fingerprint density at radius 3 is 2.74 bits per heavy atom. The molecule has 2 fully saturated rings. The Bertz CT molecular complexity index is 938. The largest absolute Gasteiger partial charge is 0.451 e. The number of amides is 1. The average Bonchev–Trinajstić information content (AvgIpc) is 3.30. The molecule has 2 bridgehead atoms. The molecule has 7 heteroatoms. The summed E-state index contributed by atoms with van der Waals surface area (Å²) in [6.07, 6.45) is 5.04. The first-order chi connectivity index (χ1) is 13.0. The van der Waals surface area contributed by atoms with Crippen LogP contribution in [0.2, 0.25) is 0 Å². The van der Waals surface area contributed by atoms with E-state index in [1.54, 1.807) is 24.3 Å². The van der Waals surface area contributed by atoms with E-state index in [0.29, 0.717) is 22.6 Å². The molecule has 0 saturated heterocycles. The molecule has 1 amide bonds. The van der Waals surface area contributed by atoms with Crippen molar-refractivity contribution < 1.29 is 14.3 Å². The number of carbonyl (C=O) groups is 2. The number of carbonyl (C=O) groups excluding carboxylic acids is 2. The molecule has 1 heterocycles. The fourth-order valence-corrected chi connectivity index (χ4v) is 4.78. The van der Waals surface area contributed by atoms with Gasteiger partial charge in [0, 0.05) is 11.4 Å². The smallest absolute Gasteiger partial charge is 0.359 e. The van der Waals surface area contributed by atoms with Crippen molar-refractivity contribution in [3.63, 3.8) is 0 Å². The van der Waals surface area contributed by atoms with Crippen LogP contribution < -0.4 is 10.9 Å². The first-order valence-electron chi connectivity index (χ1n) is 9.47. The lowest BCUT2D eigenvalue weighted by Crippen LogP contribution is -2.42. The van der Waals surface area contributed by atoms with E-state index in [-0.39, 0.29) is 29.8 Å². The third-order valence-corrected chi connectivity index (χ3v) is 6.05. The van der Waals surface area contributed by atoms with Crippen molar-refractivity contribution in [1.82, 2.24) is 15.5 Å². The van der Waals surface area contributed by atoms with Gasteiger partial charge in [-0.15, -0.1) is 0 Å². The molecule has 27 heavy (non-hydrogen) atoms. The number of H-pyrrole nitrogens is 1. The summed E-state index contributed by atoms with van der Waals surface area (Å²) in [6, 6.07) is 6.74. The Labute approximate surface area is 156 Å². The quantitative estimate of drug-likeness (QED) is 0.785. The summed E-state index contributed by atoms with van der Waals surface area (Å²) in [4.78, 5) is 36.3. The minimum absolute atomic E-state index is 0.000786. The Morgan fingerprint density at radius 2 is 2.04 bits per heavy atom. The van der Waals surface area contributed by atoms with Crippen LogP contribution in [0, 0.1) is 17.8 Å². The number of nitrogens with zero attached hydrogens (tertiary/aromatic N) is 1. The number of benzene rings is 1. The van der Waals surface area contributed by atoms with Crippen molar-refractivity contribution in [2.75, 3.05) is 6.61 Å². The number of rotatable bonds is 5. The lowest BCUT2D eigenvalue weighted by Gasteiger charge is -2.28. The molecule has 7 nitrogen and oxygen atoms in total. The zero-order chi connectivity index (χ0) is 19.0. The molecule has 142 valence electrons. The highest BCUT2D eigenvalue weighted by molar-refractivity contribution is 6.02. The number of esters is 1. The van der Waals surface area contributed by atoms with Crippen molar-refractivity contribution in [2.24, 2.45) is 17.8 Å². The van der Waals surface area contributed by atoms with Crippen LogP contribution in [0.25, 0.3) is 10.8 Å². The maximum Gasteiger partial charge on any atom is 0.359 e. The molecule has 2 saturated carbocycles. The maximum atomic E-state index is 12.3. The van der Waals surface area contributed by atoms with E-state index in [4.69, 9.17) is 4.74 Å². The molecule has 1 aromatic carbocycles. The van der Waals surface area contributed by atoms with E-state index < -0.39 is 5.97 Å². The van der Waals surface area contributed by atoms with Crippen LogP contribution in [0.5, 0.6) is 0 Å². The topological polar surface area (TPSA) is 101 Å². The van der Waals surface area contributed by atoms with Gasteiger partial charge in [-0.2, -0.15) is 5.10 Å². The SMILES string of the molecule is C[C@@H](NC(=O)COC(=O)c1n[nH]c(=O)c2ccccc12)[C@H]1C[C@H]2CC[C@H]1C2. The van der Waals surface area contributed by atoms with Gasteiger partial charge in [-0.3, -0.25) is 9.59 Å². The number of aromatic amines is 1. The van der Waals surface area contributed by atoms with Crippen molar-refractivity contribution >= 4 is 22.6 Å². The molecule has 0 spiro atoms. The molecule has 2 N–H and O–H groups in total. The number of hydrogen-bond acceptors (Lipinski definition) is 5. The van der Waals surface area contributed by atoms with Crippen molar-refractivity contribution in [3.8, 4) is 0 Å². The van der Waals surface area contributed by atoms with Crippen molar-refractivity contribution in [2.45, 2.75) is 38.6 Å². The highest BCUT2D eigenvalue weighted by Crippen LogP contribution is 2.49. The fourth-order valence-electron chi connectivity index (χ4n) is 4.78. The molecule has 0 aliphatic heterocycles. The van der Waals surface area contributed by atoms with Crippen molar-refractivity contribution in [1.29, 1.82) is 0 Å². The third-order valence-electron chi connectivity index (χ3n) is 6.05. The minimum atomic E-state index is -0.731. The Balaban J connectivity index is 1.36.